The normalized spacial score (nSPS) is 14.2. The molecule has 6 nitrogen and oxygen atoms in total. The van der Waals surface area contributed by atoms with Crippen LogP contribution < -0.4 is 10.2 Å². The van der Waals surface area contributed by atoms with E-state index in [1.54, 1.807) is 34.1 Å². The minimum Gasteiger partial charge on any atom is -0.459 e. The lowest BCUT2D eigenvalue weighted by Gasteiger charge is -2.36. The highest BCUT2D eigenvalue weighted by atomic mass is 35.5. The van der Waals surface area contributed by atoms with Crippen LogP contribution in [0.4, 0.5) is 16.2 Å². The Morgan fingerprint density at radius 3 is 2.72 bits per heavy atom. The van der Waals surface area contributed by atoms with Crippen LogP contribution in [0.5, 0.6) is 0 Å². The van der Waals surface area contributed by atoms with Crippen molar-refractivity contribution in [2.75, 3.05) is 23.3 Å². The smallest absolute Gasteiger partial charge is 0.324 e. The first-order chi connectivity index (χ1) is 14.1. The number of benzene rings is 2. The molecule has 0 spiro atoms. The van der Waals surface area contributed by atoms with Gasteiger partial charge in [-0.05, 0) is 48.4 Å². The van der Waals surface area contributed by atoms with Crippen molar-refractivity contribution in [3.63, 3.8) is 0 Å². The first-order valence-electron chi connectivity index (χ1n) is 9.36. The van der Waals surface area contributed by atoms with Gasteiger partial charge in [0.15, 0.2) is 5.76 Å². The molecule has 2 heterocycles. The van der Waals surface area contributed by atoms with Crippen molar-refractivity contribution in [1.82, 2.24) is 4.90 Å². The van der Waals surface area contributed by atoms with Crippen LogP contribution in [0.3, 0.4) is 0 Å². The number of hydrogen-bond donors (Lipinski definition) is 1. The number of hydrogen-bond acceptors (Lipinski definition) is 3. The van der Waals surface area contributed by atoms with Gasteiger partial charge in [0, 0.05) is 36.0 Å². The minimum atomic E-state index is -0.336. The standard InChI is InChI=1S/C22H20ClN3O3/c23-19-9-2-1-6-16(19)15-25-11-5-12-26(22(25)28)18-8-3-7-17(14-18)24-21(27)20-10-4-13-29-20/h1-4,6-10,13-14H,5,11-12,15H2,(H,24,27). The average molecular weight is 410 g/mol. The molecule has 3 aromatic rings. The molecule has 4 rings (SSSR count). The molecule has 0 radical (unpaired) electrons. The lowest BCUT2D eigenvalue weighted by atomic mass is 10.1. The molecular formula is C22H20ClN3O3. The summed E-state index contributed by atoms with van der Waals surface area (Å²) in [7, 11) is 0. The Bertz CT molecular complexity index is 1020. The number of amides is 3. The van der Waals surface area contributed by atoms with E-state index in [0.717, 1.165) is 17.7 Å². The Labute approximate surface area is 173 Å². The van der Waals surface area contributed by atoms with Crippen LogP contribution in [-0.4, -0.2) is 29.9 Å². The maximum absolute atomic E-state index is 13.1. The molecule has 3 amide bonds. The zero-order valence-corrected chi connectivity index (χ0v) is 16.4. The van der Waals surface area contributed by atoms with Gasteiger partial charge in [0.2, 0.25) is 0 Å². The molecular weight excluding hydrogens is 390 g/mol. The maximum Gasteiger partial charge on any atom is 0.324 e. The maximum atomic E-state index is 13.1. The van der Waals surface area contributed by atoms with Crippen LogP contribution in [-0.2, 0) is 6.54 Å². The summed E-state index contributed by atoms with van der Waals surface area (Å²) in [6.07, 6.45) is 2.30. The predicted octanol–water partition coefficient (Wildman–Crippen LogP) is 5.02. The molecule has 1 fully saturated rings. The van der Waals surface area contributed by atoms with E-state index in [0.29, 0.717) is 30.3 Å². The number of urea groups is 1. The molecule has 1 aliphatic heterocycles. The van der Waals surface area contributed by atoms with E-state index in [1.165, 1.54) is 6.26 Å². The Hall–Kier alpha value is -3.25. The van der Waals surface area contributed by atoms with Gasteiger partial charge in [-0.1, -0.05) is 35.9 Å². The third kappa shape index (κ3) is 4.27. The van der Waals surface area contributed by atoms with Crippen LogP contribution in [0, 0.1) is 0 Å². The first kappa shape index (κ1) is 19.1. The van der Waals surface area contributed by atoms with Crippen molar-refractivity contribution in [3.05, 3.63) is 83.3 Å². The van der Waals surface area contributed by atoms with Gasteiger partial charge in [-0.2, -0.15) is 0 Å². The molecule has 0 unspecified atom stereocenters. The third-order valence-electron chi connectivity index (χ3n) is 4.79. The van der Waals surface area contributed by atoms with Gasteiger partial charge in [0.1, 0.15) is 0 Å². The molecule has 0 aliphatic carbocycles. The van der Waals surface area contributed by atoms with Crippen molar-refractivity contribution < 1.29 is 14.0 Å². The molecule has 1 aromatic heterocycles. The molecule has 1 aliphatic rings. The number of halogens is 1. The van der Waals surface area contributed by atoms with Crippen molar-refractivity contribution in [2.45, 2.75) is 13.0 Å². The van der Waals surface area contributed by atoms with Crippen LogP contribution in [0.25, 0.3) is 0 Å². The van der Waals surface area contributed by atoms with Crippen LogP contribution in [0.1, 0.15) is 22.5 Å². The Kier molecular flexibility index (Phi) is 5.53. The molecule has 148 valence electrons. The van der Waals surface area contributed by atoms with Crippen molar-refractivity contribution in [1.29, 1.82) is 0 Å². The number of carbonyl (C=O) groups excluding carboxylic acids is 2. The largest absolute Gasteiger partial charge is 0.459 e. The summed E-state index contributed by atoms with van der Waals surface area (Å²) in [5.74, 6) is -0.104. The van der Waals surface area contributed by atoms with Gasteiger partial charge in [-0.25, -0.2) is 4.79 Å². The third-order valence-corrected chi connectivity index (χ3v) is 5.16. The van der Waals surface area contributed by atoms with Crippen LogP contribution in [0.15, 0.2) is 71.3 Å². The highest BCUT2D eigenvalue weighted by Crippen LogP contribution is 2.26. The van der Waals surface area contributed by atoms with Crippen molar-refractivity contribution >= 4 is 34.9 Å². The van der Waals surface area contributed by atoms with E-state index in [4.69, 9.17) is 16.0 Å². The Morgan fingerprint density at radius 1 is 1.07 bits per heavy atom. The number of carbonyl (C=O) groups is 2. The van der Waals surface area contributed by atoms with E-state index in [1.807, 2.05) is 36.4 Å². The van der Waals surface area contributed by atoms with Gasteiger partial charge in [0.25, 0.3) is 5.91 Å². The molecule has 0 bridgehead atoms. The van der Waals surface area contributed by atoms with E-state index in [9.17, 15) is 9.59 Å². The number of rotatable bonds is 5. The van der Waals surface area contributed by atoms with E-state index in [-0.39, 0.29) is 17.7 Å². The summed E-state index contributed by atoms with van der Waals surface area (Å²) in [5, 5.41) is 3.45. The van der Waals surface area contributed by atoms with E-state index in [2.05, 4.69) is 5.32 Å². The summed E-state index contributed by atoms with van der Waals surface area (Å²) in [4.78, 5) is 28.8. The molecule has 0 saturated carbocycles. The second-order valence-electron chi connectivity index (χ2n) is 6.78. The minimum absolute atomic E-state index is 0.0781. The van der Waals surface area contributed by atoms with Crippen LogP contribution >= 0.6 is 11.6 Å². The Morgan fingerprint density at radius 2 is 1.93 bits per heavy atom. The van der Waals surface area contributed by atoms with Gasteiger partial charge < -0.3 is 14.6 Å². The second kappa shape index (κ2) is 8.41. The van der Waals surface area contributed by atoms with E-state index < -0.39 is 0 Å². The van der Waals surface area contributed by atoms with Crippen LogP contribution in [0.2, 0.25) is 5.02 Å². The van der Waals surface area contributed by atoms with Gasteiger partial charge in [-0.15, -0.1) is 0 Å². The zero-order valence-electron chi connectivity index (χ0n) is 15.7. The summed E-state index contributed by atoms with van der Waals surface area (Å²) in [6, 6.07) is 18.0. The summed E-state index contributed by atoms with van der Waals surface area (Å²) in [6.45, 7) is 1.76. The van der Waals surface area contributed by atoms with Gasteiger partial charge in [-0.3, -0.25) is 9.69 Å². The fraction of sp³-hybridized carbons (Fsp3) is 0.182. The fourth-order valence-corrected chi connectivity index (χ4v) is 3.55. The van der Waals surface area contributed by atoms with Crippen molar-refractivity contribution in [3.8, 4) is 0 Å². The van der Waals surface area contributed by atoms with Gasteiger partial charge in [0.05, 0.1) is 6.26 Å². The molecule has 0 atom stereocenters. The lowest BCUT2D eigenvalue weighted by molar-refractivity contribution is 0.0996. The zero-order chi connectivity index (χ0) is 20.2. The Balaban J connectivity index is 1.49. The molecule has 1 saturated heterocycles. The highest BCUT2D eigenvalue weighted by molar-refractivity contribution is 6.31. The summed E-state index contributed by atoms with van der Waals surface area (Å²) < 4.78 is 5.12. The van der Waals surface area contributed by atoms with E-state index >= 15 is 0 Å². The lowest BCUT2D eigenvalue weighted by Crippen LogP contribution is -2.49. The van der Waals surface area contributed by atoms with Crippen molar-refractivity contribution in [2.24, 2.45) is 0 Å². The summed E-state index contributed by atoms with van der Waals surface area (Å²) in [5.41, 5.74) is 2.25. The highest BCUT2D eigenvalue weighted by Gasteiger charge is 2.27. The topological polar surface area (TPSA) is 65.8 Å². The fourth-order valence-electron chi connectivity index (χ4n) is 3.35. The molecule has 2 aromatic carbocycles. The number of nitrogens with one attached hydrogen (secondary N) is 1. The van der Waals surface area contributed by atoms with Gasteiger partial charge >= 0.3 is 6.03 Å². The predicted molar refractivity (Wildman–Crippen MR) is 112 cm³/mol. The average Bonchev–Trinajstić information content (AvgIpc) is 3.26. The molecule has 29 heavy (non-hydrogen) atoms. The molecule has 1 N–H and O–H groups in total. The molecule has 7 heteroatoms. The first-order valence-corrected chi connectivity index (χ1v) is 9.74. The quantitative estimate of drug-likeness (QED) is 0.643. The SMILES string of the molecule is O=C(Nc1cccc(N2CCCN(Cc3ccccc3Cl)C2=O)c1)c1ccco1. The number of nitrogens with zero attached hydrogens (tertiary/aromatic N) is 2. The second-order valence-corrected chi connectivity index (χ2v) is 7.19. The monoisotopic (exact) mass is 409 g/mol. The number of anilines is 2. The summed E-state index contributed by atoms with van der Waals surface area (Å²) >= 11 is 6.26. The number of furan rings is 1.